The summed E-state index contributed by atoms with van der Waals surface area (Å²) < 4.78 is 0. The third kappa shape index (κ3) is 2.42. The molecule has 0 saturated heterocycles. The van der Waals surface area contributed by atoms with Gasteiger partial charge in [-0.25, -0.2) is 0 Å². The van der Waals surface area contributed by atoms with Gasteiger partial charge in [-0.15, -0.1) is 0 Å². The van der Waals surface area contributed by atoms with Crippen LogP contribution in [0.1, 0.15) is 36.8 Å². The van der Waals surface area contributed by atoms with Gasteiger partial charge in [-0.3, -0.25) is 4.79 Å². The molecule has 3 heteroatoms. The first-order valence-corrected chi connectivity index (χ1v) is 8.31. The van der Waals surface area contributed by atoms with E-state index in [9.17, 15) is 4.79 Å². The average Bonchev–Trinajstić information content (AvgIpc) is 3.26. The highest BCUT2D eigenvalue weighted by Crippen LogP contribution is 2.29. The van der Waals surface area contributed by atoms with E-state index in [0.717, 1.165) is 32.9 Å². The number of carbonyl (C=O) groups excluding carboxylic acids is 1. The number of Topliss-reactive ketones (excluding diaryl/α,β-unsaturated/α-hetero) is 1. The van der Waals surface area contributed by atoms with Crippen molar-refractivity contribution in [3.63, 3.8) is 0 Å². The Morgan fingerprint density at radius 1 is 0.750 bits per heavy atom. The fourth-order valence-electron chi connectivity index (χ4n) is 3.39. The molecule has 0 aliphatic rings. The molecule has 24 heavy (non-hydrogen) atoms. The molecule has 0 radical (unpaired) electrons. The van der Waals surface area contributed by atoms with Crippen LogP contribution in [-0.4, -0.2) is 15.8 Å². The van der Waals surface area contributed by atoms with Crippen molar-refractivity contribution in [3.05, 3.63) is 72.1 Å². The maximum atomic E-state index is 13.0. The van der Waals surface area contributed by atoms with Crippen LogP contribution in [0.25, 0.3) is 21.8 Å². The number of hydrogen-bond donors (Lipinski definition) is 2. The lowest BCUT2D eigenvalue weighted by molar-refractivity contribution is -0.121. The first-order valence-electron chi connectivity index (χ1n) is 8.31. The summed E-state index contributed by atoms with van der Waals surface area (Å²) in [4.78, 5) is 19.4. The Bertz CT molecular complexity index is 942. The second-order valence-corrected chi connectivity index (χ2v) is 6.49. The molecular formula is C21H20N2O. The molecule has 2 N–H and O–H groups in total. The van der Waals surface area contributed by atoms with Crippen molar-refractivity contribution >= 4 is 27.6 Å². The lowest BCUT2D eigenvalue weighted by atomic mass is 9.85. The zero-order valence-electron chi connectivity index (χ0n) is 13.8. The molecule has 0 bridgehead atoms. The summed E-state index contributed by atoms with van der Waals surface area (Å²) in [5.74, 6) is 0.00205. The van der Waals surface area contributed by atoms with Crippen LogP contribution in [0.4, 0.5) is 0 Å². The van der Waals surface area contributed by atoms with E-state index < -0.39 is 0 Å². The van der Waals surface area contributed by atoms with Gasteiger partial charge in [0.25, 0.3) is 0 Å². The quantitative estimate of drug-likeness (QED) is 0.539. The van der Waals surface area contributed by atoms with Crippen LogP contribution in [0, 0.1) is 0 Å². The Hall–Kier alpha value is -2.81. The second-order valence-electron chi connectivity index (χ2n) is 6.49. The van der Waals surface area contributed by atoms with Crippen molar-refractivity contribution in [2.45, 2.75) is 25.7 Å². The summed E-state index contributed by atoms with van der Waals surface area (Å²) in [7, 11) is 0. The number of rotatable bonds is 4. The van der Waals surface area contributed by atoms with Gasteiger partial charge >= 0.3 is 0 Å². The number of nitrogens with one attached hydrogen (secondary N) is 2. The molecule has 4 aromatic rings. The van der Waals surface area contributed by atoms with Gasteiger partial charge < -0.3 is 9.97 Å². The maximum absolute atomic E-state index is 13.0. The summed E-state index contributed by atoms with van der Waals surface area (Å²) >= 11 is 0. The standard InChI is InChI=1S/C21H20N2O/c1-13(15-3-5-19-17(11-15)7-9-22-19)21(24)14(2)16-4-6-20-18(12-16)8-10-23-20/h3-14,22-23H,1-2H3. The minimum absolute atomic E-state index is 0.124. The Morgan fingerprint density at radius 2 is 1.21 bits per heavy atom. The first kappa shape index (κ1) is 14.8. The third-order valence-corrected chi connectivity index (χ3v) is 5.01. The third-order valence-electron chi connectivity index (χ3n) is 5.01. The SMILES string of the molecule is CC(C(=O)C(C)c1ccc2[nH]ccc2c1)c1ccc2[nH]ccc2c1. The molecule has 0 amide bonds. The Morgan fingerprint density at radius 3 is 1.67 bits per heavy atom. The Kier molecular flexibility index (Phi) is 3.49. The minimum Gasteiger partial charge on any atom is -0.361 e. The summed E-state index contributed by atoms with van der Waals surface area (Å²) in [6.07, 6.45) is 3.85. The first-order chi connectivity index (χ1) is 11.6. The van der Waals surface area contributed by atoms with E-state index in [0.29, 0.717) is 0 Å². The monoisotopic (exact) mass is 316 g/mol. The maximum Gasteiger partial charge on any atom is 0.147 e. The van der Waals surface area contributed by atoms with E-state index in [2.05, 4.69) is 22.1 Å². The number of carbonyl (C=O) groups is 1. The van der Waals surface area contributed by atoms with Gasteiger partial charge in [0.2, 0.25) is 0 Å². The Balaban J connectivity index is 1.63. The van der Waals surface area contributed by atoms with Crippen molar-refractivity contribution in [3.8, 4) is 0 Å². The minimum atomic E-state index is -0.124. The van der Waals surface area contributed by atoms with Crippen LogP contribution >= 0.6 is 0 Å². The fourth-order valence-corrected chi connectivity index (χ4v) is 3.39. The summed E-state index contributed by atoms with van der Waals surface area (Å²) in [6.45, 7) is 4.00. The Labute approximate surface area is 140 Å². The normalized spacial score (nSPS) is 14.1. The van der Waals surface area contributed by atoms with E-state index in [4.69, 9.17) is 0 Å². The number of benzene rings is 2. The molecule has 2 unspecified atom stereocenters. The second kappa shape index (κ2) is 5.68. The molecule has 0 aliphatic carbocycles. The average molecular weight is 316 g/mol. The topological polar surface area (TPSA) is 48.6 Å². The van der Waals surface area contributed by atoms with Crippen LogP contribution in [0.3, 0.4) is 0 Å². The van der Waals surface area contributed by atoms with Crippen molar-refractivity contribution in [2.75, 3.05) is 0 Å². The molecule has 2 aromatic carbocycles. The van der Waals surface area contributed by atoms with Crippen LogP contribution in [0.5, 0.6) is 0 Å². The number of fused-ring (bicyclic) bond motifs is 2. The van der Waals surface area contributed by atoms with Crippen molar-refractivity contribution in [1.29, 1.82) is 0 Å². The largest absolute Gasteiger partial charge is 0.361 e. The molecule has 120 valence electrons. The summed E-state index contributed by atoms with van der Waals surface area (Å²) in [5.41, 5.74) is 4.34. The zero-order chi connectivity index (χ0) is 16.7. The molecule has 0 spiro atoms. The van der Waals surface area contributed by atoms with E-state index in [1.54, 1.807) is 0 Å². The number of aromatic nitrogens is 2. The molecule has 3 nitrogen and oxygen atoms in total. The molecule has 2 heterocycles. The highest BCUT2D eigenvalue weighted by molar-refractivity contribution is 5.93. The summed E-state index contributed by atoms with van der Waals surface area (Å²) in [6, 6.07) is 16.5. The zero-order valence-corrected chi connectivity index (χ0v) is 13.8. The highest BCUT2D eigenvalue weighted by atomic mass is 16.1. The lowest BCUT2D eigenvalue weighted by Gasteiger charge is -2.17. The van der Waals surface area contributed by atoms with Gasteiger partial charge in [0.1, 0.15) is 5.78 Å². The van der Waals surface area contributed by atoms with Crippen LogP contribution in [0.2, 0.25) is 0 Å². The lowest BCUT2D eigenvalue weighted by Crippen LogP contribution is -2.16. The molecule has 0 saturated carbocycles. The fraction of sp³-hybridized carbons (Fsp3) is 0.190. The van der Waals surface area contributed by atoms with Crippen molar-refractivity contribution < 1.29 is 4.79 Å². The van der Waals surface area contributed by atoms with Crippen molar-refractivity contribution in [2.24, 2.45) is 0 Å². The van der Waals surface area contributed by atoms with E-state index in [1.165, 1.54) is 0 Å². The smallest absolute Gasteiger partial charge is 0.147 e. The molecule has 2 atom stereocenters. The number of ketones is 1. The van der Waals surface area contributed by atoms with Gasteiger partial charge in [-0.2, -0.15) is 0 Å². The van der Waals surface area contributed by atoms with Gasteiger partial charge in [0, 0.05) is 35.3 Å². The van der Waals surface area contributed by atoms with Gasteiger partial charge in [0.15, 0.2) is 0 Å². The number of aromatic amines is 2. The molecule has 0 fully saturated rings. The van der Waals surface area contributed by atoms with Crippen molar-refractivity contribution in [1.82, 2.24) is 9.97 Å². The molecular weight excluding hydrogens is 296 g/mol. The number of H-pyrrole nitrogens is 2. The van der Waals surface area contributed by atoms with Gasteiger partial charge in [0.05, 0.1) is 0 Å². The molecule has 4 rings (SSSR count). The van der Waals surface area contributed by atoms with Gasteiger partial charge in [-0.05, 0) is 58.3 Å². The highest BCUT2D eigenvalue weighted by Gasteiger charge is 2.23. The predicted molar refractivity (Wildman–Crippen MR) is 98.4 cm³/mol. The summed E-state index contributed by atoms with van der Waals surface area (Å²) in [5, 5.41) is 2.29. The van der Waals surface area contributed by atoms with E-state index in [-0.39, 0.29) is 17.6 Å². The van der Waals surface area contributed by atoms with Gasteiger partial charge in [-0.1, -0.05) is 26.0 Å². The van der Waals surface area contributed by atoms with Crippen LogP contribution < -0.4 is 0 Å². The van der Waals surface area contributed by atoms with E-state index >= 15 is 0 Å². The number of hydrogen-bond acceptors (Lipinski definition) is 1. The predicted octanol–water partition coefficient (Wildman–Crippen LogP) is 5.13. The van der Waals surface area contributed by atoms with E-state index in [1.807, 2.05) is 62.6 Å². The molecule has 2 aromatic heterocycles. The molecule has 0 aliphatic heterocycles. The van der Waals surface area contributed by atoms with Crippen LogP contribution in [-0.2, 0) is 4.79 Å². The van der Waals surface area contributed by atoms with Crippen LogP contribution in [0.15, 0.2) is 60.9 Å².